The Bertz CT molecular complexity index is 765. The van der Waals surface area contributed by atoms with E-state index in [2.05, 4.69) is 13.2 Å². The first-order chi connectivity index (χ1) is 13.1. The van der Waals surface area contributed by atoms with Crippen LogP contribution in [-0.4, -0.2) is 13.2 Å². The van der Waals surface area contributed by atoms with Gasteiger partial charge in [0.05, 0.1) is 13.2 Å². The van der Waals surface area contributed by atoms with Crippen molar-refractivity contribution in [2.24, 2.45) is 0 Å². The molecular weight excluding hydrogens is 342 g/mol. The van der Waals surface area contributed by atoms with Crippen molar-refractivity contribution in [2.75, 3.05) is 13.2 Å². The molecule has 2 rings (SSSR count). The molecule has 0 aliphatic rings. The third kappa shape index (κ3) is 6.80. The fraction of sp³-hybridized carbons (Fsp3) is 0.167. The number of ether oxygens (including phenoxy) is 1. The van der Waals surface area contributed by atoms with Gasteiger partial charge in [-0.15, -0.1) is 13.2 Å². The lowest BCUT2D eigenvalue weighted by Crippen LogP contribution is -1.93. The highest BCUT2D eigenvalue weighted by molar-refractivity contribution is 5.55. The predicted molar refractivity (Wildman–Crippen MR) is 109 cm³/mol. The minimum absolute atomic E-state index is 0.248. The summed E-state index contributed by atoms with van der Waals surface area (Å²) in [5.41, 5.74) is 3.70. The average molecular weight is 366 g/mol. The van der Waals surface area contributed by atoms with Crippen molar-refractivity contribution in [3.8, 4) is 0 Å². The zero-order chi connectivity index (χ0) is 19.5. The first-order valence-corrected chi connectivity index (χ1v) is 8.83. The lowest BCUT2D eigenvalue weighted by Gasteiger charge is -2.04. The number of halogens is 2. The van der Waals surface area contributed by atoms with Crippen molar-refractivity contribution in [1.29, 1.82) is 0 Å². The number of hydrogen-bond donors (Lipinski definition) is 0. The van der Waals surface area contributed by atoms with Gasteiger partial charge in [-0.05, 0) is 59.4 Å². The fourth-order valence-corrected chi connectivity index (χ4v) is 2.69. The predicted octanol–water partition coefficient (Wildman–Crippen LogP) is 6.17. The first-order valence-electron chi connectivity index (χ1n) is 8.83. The monoisotopic (exact) mass is 366 g/mol. The molecule has 1 nitrogen and oxygen atoms in total. The highest BCUT2D eigenvalue weighted by Gasteiger charge is 2.01. The third-order valence-electron chi connectivity index (χ3n) is 3.96. The molecule has 0 heterocycles. The summed E-state index contributed by atoms with van der Waals surface area (Å²) < 4.78 is 32.2. The second-order valence-electron chi connectivity index (χ2n) is 6.01. The van der Waals surface area contributed by atoms with Crippen molar-refractivity contribution in [3.05, 3.63) is 108 Å². The molecule has 0 saturated heterocycles. The van der Waals surface area contributed by atoms with Crippen LogP contribution in [0.3, 0.4) is 0 Å². The van der Waals surface area contributed by atoms with Crippen LogP contribution < -0.4 is 0 Å². The van der Waals surface area contributed by atoms with Crippen molar-refractivity contribution < 1.29 is 13.5 Å². The Kier molecular flexibility index (Phi) is 8.40. The maximum absolute atomic E-state index is 13.3. The Labute approximate surface area is 160 Å². The van der Waals surface area contributed by atoms with Gasteiger partial charge in [0, 0.05) is 0 Å². The Morgan fingerprint density at radius 2 is 1.19 bits per heavy atom. The molecule has 0 aliphatic carbocycles. The van der Waals surface area contributed by atoms with Gasteiger partial charge in [0.15, 0.2) is 0 Å². The summed E-state index contributed by atoms with van der Waals surface area (Å²) in [5.74, 6) is -0.496. The van der Waals surface area contributed by atoms with Crippen molar-refractivity contribution in [2.45, 2.75) is 12.8 Å². The second kappa shape index (κ2) is 11.0. The Hall–Kier alpha value is -2.78. The molecule has 140 valence electrons. The van der Waals surface area contributed by atoms with Gasteiger partial charge < -0.3 is 4.74 Å². The largest absolute Gasteiger partial charge is 0.373 e. The molecule has 0 spiro atoms. The van der Waals surface area contributed by atoms with Crippen molar-refractivity contribution in [1.82, 2.24) is 0 Å². The van der Waals surface area contributed by atoms with E-state index >= 15 is 0 Å². The minimum Gasteiger partial charge on any atom is -0.373 e. The van der Waals surface area contributed by atoms with Gasteiger partial charge in [-0.2, -0.15) is 0 Å². The summed E-state index contributed by atoms with van der Waals surface area (Å²) >= 11 is 0. The molecule has 3 heteroatoms. The van der Waals surface area contributed by atoms with Crippen LogP contribution in [-0.2, 0) is 17.6 Å². The third-order valence-corrected chi connectivity index (χ3v) is 3.96. The first kappa shape index (κ1) is 20.5. The van der Waals surface area contributed by atoms with Gasteiger partial charge in [-0.25, -0.2) is 8.78 Å². The number of hydrogen-bond acceptors (Lipinski definition) is 1. The molecule has 0 aliphatic heterocycles. The lowest BCUT2D eigenvalue weighted by atomic mass is 10.0. The van der Waals surface area contributed by atoms with E-state index in [0.29, 0.717) is 26.1 Å². The van der Waals surface area contributed by atoms with Crippen LogP contribution >= 0.6 is 0 Å². The topological polar surface area (TPSA) is 9.23 Å². The SMILES string of the molecule is C=CCc1cc(F)ccc1C=CCOCC=Cc1ccc(F)cc1CC=C. The Balaban J connectivity index is 1.86. The molecular formula is C24H24F2O. The molecule has 0 saturated carbocycles. The van der Waals surface area contributed by atoms with Crippen LogP contribution in [0.5, 0.6) is 0 Å². The molecule has 0 bridgehead atoms. The van der Waals surface area contributed by atoms with Crippen LogP contribution in [0.1, 0.15) is 22.3 Å². The van der Waals surface area contributed by atoms with Crippen molar-refractivity contribution >= 4 is 12.2 Å². The lowest BCUT2D eigenvalue weighted by molar-refractivity contribution is 0.195. The minimum atomic E-state index is -0.248. The quantitative estimate of drug-likeness (QED) is 0.361. The van der Waals surface area contributed by atoms with Gasteiger partial charge in [0.2, 0.25) is 0 Å². The normalized spacial score (nSPS) is 11.3. The van der Waals surface area contributed by atoms with Gasteiger partial charge in [0.25, 0.3) is 0 Å². The van der Waals surface area contributed by atoms with Crippen LogP contribution in [0.15, 0.2) is 73.9 Å². The zero-order valence-corrected chi connectivity index (χ0v) is 15.3. The fourth-order valence-electron chi connectivity index (χ4n) is 2.69. The zero-order valence-electron chi connectivity index (χ0n) is 15.3. The smallest absolute Gasteiger partial charge is 0.123 e. The maximum Gasteiger partial charge on any atom is 0.123 e. The van der Waals surface area contributed by atoms with Gasteiger partial charge in [-0.3, -0.25) is 0 Å². The maximum atomic E-state index is 13.3. The Morgan fingerprint density at radius 1 is 0.741 bits per heavy atom. The highest BCUT2D eigenvalue weighted by atomic mass is 19.1. The van der Waals surface area contributed by atoms with E-state index in [1.807, 2.05) is 24.3 Å². The van der Waals surface area contributed by atoms with Gasteiger partial charge in [0.1, 0.15) is 11.6 Å². The molecule has 0 unspecified atom stereocenters. The van der Waals surface area contributed by atoms with E-state index in [0.717, 1.165) is 22.3 Å². The molecule has 2 aromatic rings. The molecule has 0 N–H and O–H groups in total. The molecule has 0 aromatic heterocycles. The van der Waals surface area contributed by atoms with E-state index in [-0.39, 0.29) is 11.6 Å². The molecule has 0 fully saturated rings. The number of benzene rings is 2. The number of allylic oxidation sites excluding steroid dienone is 2. The van der Waals surface area contributed by atoms with Crippen LogP contribution in [0, 0.1) is 11.6 Å². The average Bonchev–Trinajstić information content (AvgIpc) is 2.64. The summed E-state index contributed by atoms with van der Waals surface area (Å²) in [4.78, 5) is 0. The Morgan fingerprint density at radius 3 is 1.59 bits per heavy atom. The highest BCUT2D eigenvalue weighted by Crippen LogP contribution is 2.15. The van der Waals surface area contributed by atoms with Crippen LogP contribution in [0.4, 0.5) is 8.78 Å². The standard InChI is InChI=1S/C24H24F2O/c1-3-7-21-17-23(25)13-11-19(21)9-5-15-27-16-6-10-20-12-14-24(26)18-22(20)8-4-2/h3-6,9-14,17-18H,1-2,7-8,15-16H2. The summed E-state index contributed by atoms with van der Waals surface area (Å²) in [6, 6.07) is 9.43. The molecule has 0 atom stereocenters. The summed E-state index contributed by atoms with van der Waals surface area (Å²) in [6.45, 7) is 8.28. The van der Waals surface area contributed by atoms with Gasteiger partial charge in [-0.1, -0.05) is 48.6 Å². The van der Waals surface area contributed by atoms with Gasteiger partial charge >= 0.3 is 0 Å². The van der Waals surface area contributed by atoms with Crippen LogP contribution in [0.2, 0.25) is 0 Å². The van der Waals surface area contributed by atoms with E-state index in [1.165, 1.54) is 24.3 Å². The number of rotatable bonds is 10. The van der Waals surface area contributed by atoms with Crippen molar-refractivity contribution in [3.63, 3.8) is 0 Å². The summed E-state index contributed by atoms with van der Waals surface area (Å²) in [5, 5.41) is 0. The molecule has 2 aromatic carbocycles. The molecule has 0 radical (unpaired) electrons. The summed E-state index contributed by atoms with van der Waals surface area (Å²) in [6.07, 6.45) is 12.4. The second-order valence-corrected chi connectivity index (χ2v) is 6.01. The summed E-state index contributed by atoms with van der Waals surface area (Å²) in [7, 11) is 0. The van der Waals surface area contributed by atoms with E-state index in [4.69, 9.17) is 4.74 Å². The van der Waals surface area contributed by atoms with E-state index < -0.39 is 0 Å². The van der Waals surface area contributed by atoms with E-state index in [9.17, 15) is 8.78 Å². The molecule has 27 heavy (non-hydrogen) atoms. The van der Waals surface area contributed by atoms with E-state index in [1.54, 1.807) is 24.3 Å². The van der Waals surface area contributed by atoms with Crippen LogP contribution in [0.25, 0.3) is 12.2 Å². The molecule has 0 amide bonds.